The highest BCUT2D eigenvalue weighted by atomic mass is 32.2. The van der Waals surface area contributed by atoms with E-state index in [0.29, 0.717) is 29.0 Å². The Hall–Kier alpha value is -1.71. The first-order valence-electron chi connectivity index (χ1n) is 6.78. The van der Waals surface area contributed by atoms with Crippen LogP contribution in [0.15, 0.2) is 29.2 Å². The number of nitrogens with zero attached hydrogens (tertiary/aromatic N) is 3. The molecule has 2 rings (SSSR count). The van der Waals surface area contributed by atoms with Gasteiger partial charge >= 0.3 is 0 Å². The molecule has 0 radical (unpaired) electrons. The highest BCUT2D eigenvalue weighted by Gasteiger charge is 2.21. The SMILES string of the molecule is CCN(CC)S(=O)(=O)c1ccc(OCc2nnc(N)s2)cc1. The van der Waals surface area contributed by atoms with Crippen molar-refractivity contribution in [3.63, 3.8) is 0 Å². The molecule has 1 heterocycles. The van der Waals surface area contributed by atoms with Gasteiger partial charge in [0.05, 0.1) is 4.90 Å². The molecule has 0 bridgehead atoms. The number of rotatable bonds is 7. The lowest BCUT2D eigenvalue weighted by molar-refractivity contribution is 0.304. The first-order chi connectivity index (χ1) is 10.5. The van der Waals surface area contributed by atoms with E-state index < -0.39 is 10.0 Å². The molecule has 0 unspecified atom stereocenters. The lowest BCUT2D eigenvalue weighted by Crippen LogP contribution is -2.30. The topological polar surface area (TPSA) is 98.4 Å². The van der Waals surface area contributed by atoms with Crippen LogP contribution < -0.4 is 10.5 Å². The number of sulfonamides is 1. The van der Waals surface area contributed by atoms with Crippen molar-refractivity contribution in [2.45, 2.75) is 25.3 Å². The molecule has 0 saturated heterocycles. The summed E-state index contributed by atoms with van der Waals surface area (Å²) in [6.45, 7) is 4.75. The van der Waals surface area contributed by atoms with E-state index >= 15 is 0 Å². The molecule has 0 aliphatic heterocycles. The molecule has 0 aliphatic carbocycles. The van der Waals surface area contributed by atoms with Crippen LogP contribution >= 0.6 is 11.3 Å². The molecule has 1 aromatic heterocycles. The summed E-state index contributed by atoms with van der Waals surface area (Å²) in [6.07, 6.45) is 0. The summed E-state index contributed by atoms with van der Waals surface area (Å²) in [5, 5.41) is 8.60. The van der Waals surface area contributed by atoms with Crippen molar-refractivity contribution >= 4 is 26.5 Å². The van der Waals surface area contributed by atoms with Crippen molar-refractivity contribution in [3.8, 4) is 5.75 Å². The van der Waals surface area contributed by atoms with Crippen LogP contribution in [-0.2, 0) is 16.6 Å². The molecule has 0 aliphatic rings. The van der Waals surface area contributed by atoms with E-state index in [1.807, 2.05) is 13.8 Å². The Balaban J connectivity index is 2.07. The van der Waals surface area contributed by atoms with Gasteiger partial charge in [-0.3, -0.25) is 0 Å². The van der Waals surface area contributed by atoms with Crippen molar-refractivity contribution in [2.24, 2.45) is 0 Å². The average Bonchev–Trinajstić information content (AvgIpc) is 2.92. The standard InChI is InChI=1S/C13H18N4O3S2/c1-3-17(4-2)22(18,19)11-7-5-10(6-8-11)20-9-12-15-16-13(14)21-12/h5-8H,3-4,9H2,1-2H3,(H2,14,16). The van der Waals surface area contributed by atoms with Gasteiger partial charge in [-0.2, -0.15) is 4.31 Å². The summed E-state index contributed by atoms with van der Waals surface area (Å²) in [5.74, 6) is 0.562. The van der Waals surface area contributed by atoms with Crippen LogP contribution in [0.4, 0.5) is 5.13 Å². The van der Waals surface area contributed by atoms with Gasteiger partial charge in [0.15, 0.2) is 5.01 Å². The molecule has 1 aromatic carbocycles. The van der Waals surface area contributed by atoms with Gasteiger partial charge in [0.25, 0.3) is 0 Å². The first kappa shape index (κ1) is 16.7. The normalized spacial score (nSPS) is 11.8. The number of nitrogens with two attached hydrogens (primary N) is 1. The summed E-state index contributed by atoms with van der Waals surface area (Å²) < 4.78 is 31.6. The maximum atomic E-state index is 12.3. The van der Waals surface area contributed by atoms with E-state index in [-0.39, 0.29) is 11.5 Å². The lowest BCUT2D eigenvalue weighted by Gasteiger charge is -2.18. The largest absolute Gasteiger partial charge is 0.486 e. The molecule has 0 atom stereocenters. The van der Waals surface area contributed by atoms with E-state index in [1.165, 1.54) is 27.8 Å². The predicted octanol–water partition coefficient (Wildman–Crippen LogP) is 1.73. The number of anilines is 1. The second kappa shape index (κ2) is 7.03. The molecule has 9 heteroatoms. The number of nitrogen functional groups attached to an aromatic ring is 1. The fourth-order valence-corrected chi connectivity index (χ4v) is 3.87. The number of ether oxygens (including phenoxy) is 1. The molecule has 2 aromatic rings. The minimum Gasteiger partial charge on any atom is -0.486 e. The zero-order valence-electron chi connectivity index (χ0n) is 12.4. The summed E-state index contributed by atoms with van der Waals surface area (Å²) in [5.41, 5.74) is 5.49. The Labute approximate surface area is 133 Å². The molecule has 2 N–H and O–H groups in total. The third-order valence-corrected chi connectivity index (χ3v) is 5.80. The van der Waals surface area contributed by atoms with Gasteiger partial charge in [-0.1, -0.05) is 25.2 Å². The number of hydrogen-bond acceptors (Lipinski definition) is 7. The second-order valence-corrected chi connectivity index (χ2v) is 7.42. The summed E-state index contributed by atoms with van der Waals surface area (Å²) in [6, 6.07) is 6.33. The molecule has 22 heavy (non-hydrogen) atoms. The third kappa shape index (κ3) is 3.73. The third-order valence-electron chi connectivity index (χ3n) is 3.01. The van der Waals surface area contributed by atoms with Gasteiger partial charge in [0.1, 0.15) is 12.4 Å². The van der Waals surface area contributed by atoms with Crippen molar-refractivity contribution in [2.75, 3.05) is 18.8 Å². The van der Waals surface area contributed by atoms with Gasteiger partial charge in [0.2, 0.25) is 15.2 Å². The second-order valence-electron chi connectivity index (χ2n) is 4.38. The Morgan fingerprint density at radius 1 is 1.18 bits per heavy atom. The van der Waals surface area contributed by atoms with Crippen LogP contribution in [0, 0.1) is 0 Å². The Bertz CT molecular complexity index is 709. The van der Waals surface area contributed by atoms with E-state index in [1.54, 1.807) is 12.1 Å². The van der Waals surface area contributed by atoms with Crippen molar-refractivity contribution in [3.05, 3.63) is 29.3 Å². The maximum absolute atomic E-state index is 12.3. The smallest absolute Gasteiger partial charge is 0.243 e. The van der Waals surface area contributed by atoms with Crippen molar-refractivity contribution in [1.29, 1.82) is 0 Å². The number of hydrogen-bond donors (Lipinski definition) is 1. The van der Waals surface area contributed by atoms with Gasteiger partial charge < -0.3 is 10.5 Å². The molecule has 0 fully saturated rings. The zero-order chi connectivity index (χ0) is 16.2. The molecule has 0 amide bonds. The van der Waals surface area contributed by atoms with E-state index in [2.05, 4.69) is 10.2 Å². The highest BCUT2D eigenvalue weighted by Crippen LogP contribution is 2.21. The Kier molecular flexibility index (Phi) is 5.33. The Morgan fingerprint density at radius 2 is 1.82 bits per heavy atom. The van der Waals surface area contributed by atoms with Gasteiger partial charge in [-0.25, -0.2) is 8.42 Å². The van der Waals surface area contributed by atoms with Crippen LogP contribution in [0.5, 0.6) is 5.75 Å². The monoisotopic (exact) mass is 342 g/mol. The molecule has 0 spiro atoms. The van der Waals surface area contributed by atoms with Crippen LogP contribution in [0.25, 0.3) is 0 Å². The van der Waals surface area contributed by atoms with Crippen LogP contribution in [0.2, 0.25) is 0 Å². The average molecular weight is 342 g/mol. The minimum absolute atomic E-state index is 0.247. The molecule has 120 valence electrons. The molecular weight excluding hydrogens is 324 g/mol. The van der Waals surface area contributed by atoms with Crippen molar-refractivity contribution in [1.82, 2.24) is 14.5 Å². The quantitative estimate of drug-likeness (QED) is 0.823. The highest BCUT2D eigenvalue weighted by molar-refractivity contribution is 7.89. The first-order valence-corrected chi connectivity index (χ1v) is 9.04. The van der Waals surface area contributed by atoms with Crippen LogP contribution in [0.3, 0.4) is 0 Å². The summed E-state index contributed by atoms with van der Waals surface area (Å²) >= 11 is 1.25. The Morgan fingerprint density at radius 3 is 2.32 bits per heavy atom. The lowest BCUT2D eigenvalue weighted by atomic mass is 10.3. The van der Waals surface area contributed by atoms with Gasteiger partial charge in [0, 0.05) is 13.1 Å². The number of benzene rings is 1. The fourth-order valence-electron chi connectivity index (χ4n) is 1.89. The van der Waals surface area contributed by atoms with Gasteiger partial charge in [-0.15, -0.1) is 10.2 Å². The zero-order valence-corrected chi connectivity index (χ0v) is 14.0. The predicted molar refractivity (Wildman–Crippen MR) is 85.2 cm³/mol. The summed E-state index contributed by atoms with van der Waals surface area (Å²) in [4.78, 5) is 0.253. The van der Waals surface area contributed by atoms with E-state index in [4.69, 9.17) is 10.5 Å². The summed E-state index contributed by atoms with van der Waals surface area (Å²) in [7, 11) is -3.44. The fraction of sp³-hybridized carbons (Fsp3) is 0.385. The minimum atomic E-state index is -3.44. The molecule has 7 nitrogen and oxygen atoms in total. The number of aromatic nitrogens is 2. The van der Waals surface area contributed by atoms with Crippen molar-refractivity contribution < 1.29 is 13.2 Å². The van der Waals surface area contributed by atoms with E-state index in [0.717, 1.165) is 0 Å². The van der Waals surface area contributed by atoms with Gasteiger partial charge in [-0.05, 0) is 24.3 Å². The molecule has 0 saturated carbocycles. The van der Waals surface area contributed by atoms with Crippen LogP contribution in [-0.4, -0.2) is 36.0 Å². The van der Waals surface area contributed by atoms with E-state index in [9.17, 15) is 8.42 Å². The van der Waals surface area contributed by atoms with Crippen LogP contribution in [0.1, 0.15) is 18.9 Å². The molecular formula is C13H18N4O3S2. The maximum Gasteiger partial charge on any atom is 0.243 e.